The number of Topliss-reactive ketones (excluding diaryl/α,β-unsaturated/α-hetero) is 1. The van der Waals surface area contributed by atoms with Crippen LogP contribution in [0.15, 0.2) is 12.1 Å². The van der Waals surface area contributed by atoms with Crippen LogP contribution in [0.5, 0.6) is 5.75 Å². The molecule has 0 saturated carbocycles. The molecule has 30 heavy (non-hydrogen) atoms. The van der Waals surface area contributed by atoms with Crippen molar-refractivity contribution in [1.82, 2.24) is 0 Å². The van der Waals surface area contributed by atoms with Crippen LogP contribution < -0.4 is 10.1 Å². The van der Waals surface area contributed by atoms with Gasteiger partial charge in [-0.25, -0.2) is 4.79 Å². The number of carbonyl (C=O) groups excluding carboxylic acids is 3. The Hall–Kier alpha value is -2.09. The molecule has 0 saturated heterocycles. The third kappa shape index (κ3) is 5.53. The molecule has 0 fully saturated rings. The number of thiophene rings is 1. The van der Waals surface area contributed by atoms with E-state index >= 15 is 0 Å². The zero-order chi connectivity index (χ0) is 22.4. The molecule has 1 aromatic carbocycles. The van der Waals surface area contributed by atoms with Gasteiger partial charge in [0, 0.05) is 5.56 Å². The molecule has 0 unspecified atom stereocenters. The monoisotopic (exact) mass is 471 g/mol. The molecular formula is C21H23Cl2NO5S. The fraction of sp³-hybridized carbons (Fsp3) is 0.381. The van der Waals surface area contributed by atoms with Gasteiger partial charge in [0.05, 0.1) is 33.7 Å². The maximum Gasteiger partial charge on any atom is 0.341 e. The van der Waals surface area contributed by atoms with Crippen molar-refractivity contribution >= 4 is 57.2 Å². The first-order valence-electron chi connectivity index (χ1n) is 9.45. The number of ketones is 1. The van der Waals surface area contributed by atoms with Gasteiger partial charge < -0.3 is 14.8 Å². The smallest absolute Gasteiger partial charge is 0.341 e. The van der Waals surface area contributed by atoms with Crippen LogP contribution >= 0.6 is 34.5 Å². The lowest BCUT2D eigenvalue weighted by Crippen LogP contribution is -2.15. The van der Waals surface area contributed by atoms with Gasteiger partial charge in [-0.05, 0) is 44.9 Å². The number of rotatable bonds is 9. The first-order valence-corrected chi connectivity index (χ1v) is 11.0. The Morgan fingerprint density at radius 3 is 2.30 bits per heavy atom. The first kappa shape index (κ1) is 24.2. The summed E-state index contributed by atoms with van der Waals surface area (Å²) in [4.78, 5) is 37.5. The van der Waals surface area contributed by atoms with E-state index in [-0.39, 0.29) is 38.6 Å². The Morgan fingerprint density at radius 1 is 1.13 bits per heavy atom. The molecule has 1 heterocycles. The van der Waals surface area contributed by atoms with E-state index in [1.165, 1.54) is 19.1 Å². The number of nitrogens with one attached hydrogen (secondary N) is 1. The van der Waals surface area contributed by atoms with E-state index in [4.69, 9.17) is 32.7 Å². The maximum atomic E-state index is 12.8. The predicted molar refractivity (Wildman–Crippen MR) is 120 cm³/mol. The minimum atomic E-state index is -0.607. The molecule has 0 bridgehead atoms. The number of hydrogen-bond donors (Lipinski definition) is 1. The highest BCUT2D eigenvalue weighted by atomic mass is 35.5. The lowest BCUT2D eigenvalue weighted by molar-refractivity contribution is 0.0527. The van der Waals surface area contributed by atoms with Gasteiger partial charge >= 0.3 is 5.97 Å². The van der Waals surface area contributed by atoms with Crippen LogP contribution in [-0.4, -0.2) is 30.9 Å². The topological polar surface area (TPSA) is 81.7 Å². The molecule has 0 aliphatic carbocycles. The summed E-state index contributed by atoms with van der Waals surface area (Å²) in [6.45, 7) is 7.39. The molecule has 9 heteroatoms. The summed E-state index contributed by atoms with van der Waals surface area (Å²) in [6, 6.07) is 2.89. The Kier molecular flexibility index (Phi) is 8.70. The van der Waals surface area contributed by atoms with Gasteiger partial charge in [-0.1, -0.05) is 36.5 Å². The molecule has 1 aromatic heterocycles. The van der Waals surface area contributed by atoms with Crippen molar-refractivity contribution in [3.8, 4) is 5.75 Å². The number of carbonyl (C=O) groups is 3. The molecule has 0 aliphatic rings. The largest absolute Gasteiger partial charge is 0.490 e. The minimum absolute atomic E-state index is 0.164. The van der Waals surface area contributed by atoms with E-state index < -0.39 is 11.9 Å². The lowest BCUT2D eigenvalue weighted by atomic mass is 10.1. The van der Waals surface area contributed by atoms with Crippen LogP contribution in [0.2, 0.25) is 10.0 Å². The van der Waals surface area contributed by atoms with Crippen LogP contribution in [-0.2, 0) is 4.74 Å². The van der Waals surface area contributed by atoms with Crippen LogP contribution in [0.4, 0.5) is 5.00 Å². The molecule has 0 aliphatic heterocycles. The third-order valence-electron chi connectivity index (χ3n) is 4.18. The van der Waals surface area contributed by atoms with Crippen LogP contribution in [0.1, 0.15) is 69.6 Å². The molecule has 2 rings (SSSR count). The standard InChI is InChI=1S/C21H23Cl2NO5S/c1-5-7-8-29-17-14(22)9-13(10-15(17)23)19(26)24-20-16(21(27)28-6-2)11(3)18(30-20)12(4)25/h9-10H,5-8H2,1-4H3,(H,24,26). The predicted octanol–water partition coefficient (Wildman–Crippen LogP) is 6.17. The molecule has 2 aromatic rings. The lowest BCUT2D eigenvalue weighted by Gasteiger charge is -2.12. The summed E-state index contributed by atoms with van der Waals surface area (Å²) >= 11 is 13.5. The zero-order valence-corrected chi connectivity index (χ0v) is 19.5. The summed E-state index contributed by atoms with van der Waals surface area (Å²) in [6.07, 6.45) is 1.81. The minimum Gasteiger partial charge on any atom is -0.490 e. The van der Waals surface area contributed by atoms with E-state index in [9.17, 15) is 14.4 Å². The van der Waals surface area contributed by atoms with Crippen molar-refractivity contribution in [2.75, 3.05) is 18.5 Å². The van der Waals surface area contributed by atoms with Gasteiger partial charge in [-0.15, -0.1) is 11.3 Å². The highest BCUT2D eigenvalue weighted by Crippen LogP contribution is 2.37. The summed E-state index contributed by atoms with van der Waals surface area (Å²) in [5.41, 5.74) is 0.826. The first-order chi connectivity index (χ1) is 14.2. The zero-order valence-electron chi connectivity index (χ0n) is 17.2. The Bertz CT molecular complexity index is 948. The molecule has 0 spiro atoms. The molecule has 6 nitrogen and oxygen atoms in total. The van der Waals surface area contributed by atoms with Gasteiger partial charge in [-0.3, -0.25) is 9.59 Å². The average molecular weight is 472 g/mol. The van der Waals surface area contributed by atoms with E-state index in [1.54, 1.807) is 13.8 Å². The number of benzene rings is 1. The summed E-state index contributed by atoms with van der Waals surface area (Å²) < 4.78 is 10.7. The molecule has 1 amide bonds. The second-order valence-corrected chi connectivity index (χ2v) is 8.30. The SMILES string of the molecule is CCCCOc1c(Cl)cc(C(=O)Nc2sc(C(C)=O)c(C)c2C(=O)OCC)cc1Cl. The van der Waals surface area contributed by atoms with Gasteiger partial charge in [0.15, 0.2) is 11.5 Å². The van der Waals surface area contributed by atoms with Gasteiger partial charge in [-0.2, -0.15) is 0 Å². The highest BCUT2D eigenvalue weighted by Gasteiger charge is 2.26. The van der Waals surface area contributed by atoms with E-state index in [2.05, 4.69) is 5.32 Å². The number of amides is 1. The fourth-order valence-electron chi connectivity index (χ4n) is 2.71. The van der Waals surface area contributed by atoms with Crippen molar-refractivity contribution in [3.05, 3.63) is 43.7 Å². The van der Waals surface area contributed by atoms with Crippen molar-refractivity contribution in [3.63, 3.8) is 0 Å². The van der Waals surface area contributed by atoms with Crippen molar-refractivity contribution in [1.29, 1.82) is 0 Å². The van der Waals surface area contributed by atoms with E-state index in [1.807, 2.05) is 6.92 Å². The summed E-state index contributed by atoms with van der Waals surface area (Å²) in [5, 5.41) is 3.33. The second-order valence-electron chi connectivity index (χ2n) is 6.46. The Labute approximate surface area is 189 Å². The van der Waals surface area contributed by atoms with E-state index in [0.29, 0.717) is 22.8 Å². The quantitative estimate of drug-likeness (QED) is 0.268. The van der Waals surface area contributed by atoms with Gasteiger partial charge in [0.2, 0.25) is 0 Å². The molecule has 0 radical (unpaired) electrons. The van der Waals surface area contributed by atoms with Crippen molar-refractivity contribution in [2.24, 2.45) is 0 Å². The summed E-state index contributed by atoms with van der Waals surface area (Å²) in [5.74, 6) is -1.02. The fourth-order valence-corrected chi connectivity index (χ4v) is 4.39. The molecule has 0 atom stereocenters. The average Bonchev–Trinajstić information content (AvgIpc) is 3.00. The van der Waals surface area contributed by atoms with Crippen LogP contribution in [0, 0.1) is 6.92 Å². The normalized spacial score (nSPS) is 10.6. The van der Waals surface area contributed by atoms with E-state index in [0.717, 1.165) is 24.2 Å². The molecular weight excluding hydrogens is 449 g/mol. The Balaban J connectivity index is 2.34. The van der Waals surface area contributed by atoms with Crippen LogP contribution in [0.25, 0.3) is 0 Å². The highest BCUT2D eigenvalue weighted by molar-refractivity contribution is 7.18. The van der Waals surface area contributed by atoms with Gasteiger partial charge in [0.25, 0.3) is 5.91 Å². The van der Waals surface area contributed by atoms with Crippen LogP contribution in [0.3, 0.4) is 0 Å². The molecule has 162 valence electrons. The summed E-state index contributed by atoms with van der Waals surface area (Å²) in [7, 11) is 0. The maximum absolute atomic E-state index is 12.8. The third-order valence-corrected chi connectivity index (χ3v) is 6.05. The number of esters is 1. The number of ether oxygens (including phenoxy) is 2. The number of anilines is 1. The van der Waals surface area contributed by atoms with Crippen molar-refractivity contribution in [2.45, 2.75) is 40.5 Å². The van der Waals surface area contributed by atoms with Crippen molar-refractivity contribution < 1.29 is 23.9 Å². The number of hydrogen-bond acceptors (Lipinski definition) is 6. The second kappa shape index (κ2) is 10.8. The Morgan fingerprint density at radius 2 is 1.77 bits per heavy atom. The van der Waals surface area contributed by atoms with Gasteiger partial charge in [0.1, 0.15) is 5.00 Å². The molecule has 1 N–H and O–H groups in total. The number of halogens is 2. The number of unbranched alkanes of at least 4 members (excludes halogenated alkanes) is 1.